The zero-order valence-corrected chi connectivity index (χ0v) is 9.85. The van der Waals surface area contributed by atoms with Crippen LogP contribution in [0.4, 0.5) is 0 Å². The van der Waals surface area contributed by atoms with Gasteiger partial charge in [-0.15, -0.1) is 0 Å². The second-order valence-electron chi connectivity index (χ2n) is 3.93. The molecule has 0 spiro atoms. The lowest BCUT2D eigenvalue weighted by Crippen LogP contribution is -2.38. The molecule has 1 aliphatic rings. The Morgan fingerprint density at radius 1 is 1.44 bits per heavy atom. The van der Waals surface area contributed by atoms with Crippen LogP contribution in [0.25, 0.3) is 0 Å². The van der Waals surface area contributed by atoms with Crippen molar-refractivity contribution < 1.29 is 19.4 Å². The number of esters is 1. The van der Waals surface area contributed by atoms with E-state index in [-0.39, 0.29) is 18.7 Å². The Balaban J connectivity index is 1.97. The van der Waals surface area contributed by atoms with Gasteiger partial charge in [0, 0.05) is 19.6 Å². The van der Waals surface area contributed by atoms with E-state index in [4.69, 9.17) is 9.47 Å². The van der Waals surface area contributed by atoms with E-state index in [2.05, 4.69) is 4.90 Å². The molecule has 94 valence electrons. The molecule has 0 radical (unpaired) electrons. The van der Waals surface area contributed by atoms with Crippen LogP contribution >= 0.6 is 0 Å². The fraction of sp³-hybridized carbons (Fsp3) is 0.909. The highest BCUT2D eigenvalue weighted by Gasteiger charge is 2.16. The van der Waals surface area contributed by atoms with E-state index in [0.717, 1.165) is 32.5 Å². The molecule has 0 aromatic rings. The lowest BCUT2D eigenvalue weighted by atomic mass is 10.1. The van der Waals surface area contributed by atoms with Crippen molar-refractivity contribution in [3.05, 3.63) is 0 Å². The number of carbonyl (C=O) groups excluding carboxylic acids is 1. The average molecular weight is 231 g/mol. The van der Waals surface area contributed by atoms with Gasteiger partial charge < -0.3 is 19.5 Å². The summed E-state index contributed by atoms with van der Waals surface area (Å²) in [6.07, 6.45) is 1.52. The van der Waals surface area contributed by atoms with Gasteiger partial charge in [-0.2, -0.15) is 0 Å². The SMILES string of the molecule is CCOC(=O)COCCN1CCC(O)CC1. The van der Waals surface area contributed by atoms with E-state index >= 15 is 0 Å². The van der Waals surface area contributed by atoms with Gasteiger partial charge in [0.05, 0.1) is 19.3 Å². The number of rotatable bonds is 6. The Bertz CT molecular complexity index is 202. The van der Waals surface area contributed by atoms with E-state index in [1.807, 2.05) is 0 Å². The van der Waals surface area contributed by atoms with Crippen LogP contribution in [-0.2, 0) is 14.3 Å². The van der Waals surface area contributed by atoms with Gasteiger partial charge in [0.25, 0.3) is 0 Å². The van der Waals surface area contributed by atoms with Crippen LogP contribution in [0.2, 0.25) is 0 Å². The minimum atomic E-state index is -0.309. The van der Waals surface area contributed by atoms with Crippen LogP contribution in [0, 0.1) is 0 Å². The first-order chi connectivity index (χ1) is 7.72. The fourth-order valence-corrected chi connectivity index (χ4v) is 1.69. The number of aliphatic hydroxyl groups excluding tert-OH is 1. The molecule has 1 saturated heterocycles. The van der Waals surface area contributed by atoms with Crippen LogP contribution in [-0.4, -0.2) is 61.5 Å². The second kappa shape index (κ2) is 7.60. The number of piperidine rings is 1. The van der Waals surface area contributed by atoms with E-state index in [1.165, 1.54) is 0 Å². The van der Waals surface area contributed by atoms with Crippen LogP contribution in [0.5, 0.6) is 0 Å². The van der Waals surface area contributed by atoms with Crippen molar-refractivity contribution in [1.29, 1.82) is 0 Å². The van der Waals surface area contributed by atoms with Crippen LogP contribution < -0.4 is 0 Å². The molecule has 1 rings (SSSR count). The molecule has 0 atom stereocenters. The van der Waals surface area contributed by atoms with E-state index in [9.17, 15) is 9.90 Å². The summed E-state index contributed by atoms with van der Waals surface area (Å²) in [5.41, 5.74) is 0. The fourth-order valence-electron chi connectivity index (χ4n) is 1.69. The Hall–Kier alpha value is -0.650. The molecule has 0 aromatic heterocycles. The number of hydrogen-bond acceptors (Lipinski definition) is 5. The maximum atomic E-state index is 10.9. The van der Waals surface area contributed by atoms with Gasteiger partial charge in [-0.3, -0.25) is 0 Å². The minimum absolute atomic E-state index is 0.0320. The minimum Gasteiger partial charge on any atom is -0.464 e. The summed E-state index contributed by atoms with van der Waals surface area (Å²) in [6, 6.07) is 0. The number of ether oxygens (including phenoxy) is 2. The number of nitrogens with zero attached hydrogens (tertiary/aromatic N) is 1. The van der Waals surface area contributed by atoms with Gasteiger partial charge in [-0.05, 0) is 19.8 Å². The van der Waals surface area contributed by atoms with Crippen molar-refractivity contribution in [2.24, 2.45) is 0 Å². The number of likely N-dealkylation sites (tertiary alicyclic amines) is 1. The highest BCUT2D eigenvalue weighted by Crippen LogP contribution is 2.08. The molecule has 0 bridgehead atoms. The average Bonchev–Trinajstić information content (AvgIpc) is 2.27. The predicted octanol–water partition coefficient (Wildman–Crippen LogP) is 0.0228. The van der Waals surface area contributed by atoms with Crippen LogP contribution in [0.3, 0.4) is 0 Å². The van der Waals surface area contributed by atoms with Crippen molar-refractivity contribution in [3.63, 3.8) is 0 Å². The van der Waals surface area contributed by atoms with Gasteiger partial charge in [0.2, 0.25) is 0 Å². The zero-order valence-electron chi connectivity index (χ0n) is 9.85. The summed E-state index contributed by atoms with van der Waals surface area (Å²) in [4.78, 5) is 13.2. The summed E-state index contributed by atoms with van der Waals surface area (Å²) < 4.78 is 9.94. The molecule has 16 heavy (non-hydrogen) atoms. The first kappa shape index (κ1) is 13.4. The van der Waals surface area contributed by atoms with E-state index in [0.29, 0.717) is 13.2 Å². The van der Waals surface area contributed by atoms with Gasteiger partial charge in [0.1, 0.15) is 6.61 Å². The first-order valence-electron chi connectivity index (χ1n) is 5.86. The van der Waals surface area contributed by atoms with Crippen molar-refractivity contribution in [1.82, 2.24) is 4.90 Å². The molecule has 0 saturated carbocycles. The molecular formula is C11H21NO4. The molecule has 1 aliphatic heterocycles. The molecule has 0 amide bonds. The number of hydrogen-bond donors (Lipinski definition) is 1. The molecule has 5 nitrogen and oxygen atoms in total. The number of carbonyl (C=O) groups is 1. The van der Waals surface area contributed by atoms with Crippen LogP contribution in [0.1, 0.15) is 19.8 Å². The quantitative estimate of drug-likeness (QED) is 0.516. The summed E-state index contributed by atoms with van der Waals surface area (Å²) >= 11 is 0. The van der Waals surface area contributed by atoms with E-state index < -0.39 is 0 Å². The first-order valence-corrected chi connectivity index (χ1v) is 5.86. The Kier molecular flexibility index (Phi) is 6.37. The largest absolute Gasteiger partial charge is 0.464 e. The lowest BCUT2D eigenvalue weighted by Gasteiger charge is -2.29. The zero-order chi connectivity index (χ0) is 11.8. The molecule has 1 N–H and O–H groups in total. The predicted molar refractivity (Wildman–Crippen MR) is 59.1 cm³/mol. The summed E-state index contributed by atoms with van der Waals surface area (Å²) in [5.74, 6) is -0.309. The molecule has 1 fully saturated rings. The molecule has 0 aliphatic carbocycles. The molecule has 0 unspecified atom stereocenters. The summed E-state index contributed by atoms with van der Waals surface area (Å²) in [5, 5.41) is 9.31. The highest BCUT2D eigenvalue weighted by molar-refractivity contribution is 5.70. The maximum Gasteiger partial charge on any atom is 0.332 e. The monoisotopic (exact) mass is 231 g/mol. The molecule has 5 heteroatoms. The van der Waals surface area contributed by atoms with Crippen LogP contribution in [0.15, 0.2) is 0 Å². The van der Waals surface area contributed by atoms with Crippen molar-refractivity contribution in [3.8, 4) is 0 Å². The van der Waals surface area contributed by atoms with Gasteiger partial charge in [0.15, 0.2) is 0 Å². The highest BCUT2D eigenvalue weighted by atomic mass is 16.6. The summed E-state index contributed by atoms with van der Waals surface area (Å²) in [6.45, 7) is 5.36. The third kappa shape index (κ3) is 5.44. The second-order valence-corrected chi connectivity index (χ2v) is 3.93. The molecular weight excluding hydrogens is 210 g/mol. The van der Waals surface area contributed by atoms with Gasteiger partial charge in [-0.1, -0.05) is 0 Å². The van der Waals surface area contributed by atoms with Crippen molar-refractivity contribution in [2.45, 2.75) is 25.9 Å². The third-order valence-electron chi connectivity index (χ3n) is 2.63. The molecule has 0 aromatic carbocycles. The lowest BCUT2D eigenvalue weighted by molar-refractivity contribution is -0.148. The smallest absolute Gasteiger partial charge is 0.332 e. The number of aliphatic hydroxyl groups is 1. The standard InChI is InChI=1S/C11H21NO4/c1-2-16-11(14)9-15-8-7-12-5-3-10(13)4-6-12/h10,13H,2-9H2,1H3. The van der Waals surface area contributed by atoms with E-state index in [1.54, 1.807) is 6.92 Å². The summed E-state index contributed by atoms with van der Waals surface area (Å²) in [7, 11) is 0. The normalized spacial score (nSPS) is 18.6. The topological polar surface area (TPSA) is 59.0 Å². The Morgan fingerprint density at radius 2 is 2.12 bits per heavy atom. The Morgan fingerprint density at radius 3 is 2.75 bits per heavy atom. The van der Waals surface area contributed by atoms with Gasteiger partial charge >= 0.3 is 5.97 Å². The van der Waals surface area contributed by atoms with Gasteiger partial charge in [-0.25, -0.2) is 4.79 Å². The van der Waals surface area contributed by atoms with Crippen molar-refractivity contribution in [2.75, 3.05) is 39.5 Å². The van der Waals surface area contributed by atoms with Crippen molar-refractivity contribution >= 4 is 5.97 Å². The maximum absolute atomic E-state index is 10.9. The molecule has 1 heterocycles. The Labute approximate surface area is 96.3 Å². The third-order valence-corrected chi connectivity index (χ3v) is 2.63.